The van der Waals surface area contributed by atoms with Crippen LogP contribution in [0.2, 0.25) is 0 Å². The normalized spacial score (nSPS) is 14.5. The lowest BCUT2D eigenvalue weighted by molar-refractivity contribution is 1.13. The second-order valence-electron chi connectivity index (χ2n) is 3.47. The lowest BCUT2D eigenvalue weighted by atomic mass is 10.0. The number of fused-ring (bicyclic) bond motifs is 1. The van der Waals surface area contributed by atoms with Crippen LogP contribution in [-0.2, 0) is 0 Å². The van der Waals surface area contributed by atoms with Crippen molar-refractivity contribution in [3.63, 3.8) is 0 Å². The van der Waals surface area contributed by atoms with E-state index in [1.54, 1.807) is 0 Å². The lowest BCUT2D eigenvalue weighted by Crippen LogP contribution is -2.07. The molecule has 0 atom stereocenters. The standard InChI is InChI=1S/C12H7N3S/c16-12-11(13-15-14-12)10-7-3-5-8-4-1-2-6-9(8)10/h1-7H. The summed E-state index contributed by atoms with van der Waals surface area (Å²) < 4.78 is 0. The fourth-order valence-electron chi connectivity index (χ4n) is 1.80. The largest absolute Gasteiger partial charge is 0.178 e. The van der Waals surface area contributed by atoms with Gasteiger partial charge in [-0.15, -0.1) is 10.2 Å². The van der Waals surface area contributed by atoms with E-state index in [1.807, 2.05) is 30.3 Å². The van der Waals surface area contributed by atoms with Crippen molar-refractivity contribution in [1.82, 2.24) is 0 Å². The molecule has 1 aliphatic rings. The quantitative estimate of drug-likeness (QED) is 0.686. The molecule has 0 bridgehead atoms. The molecule has 16 heavy (non-hydrogen) atoms. The topological polar surface area (TPSA) is 37.1 Å². The second kappa shape index (κ2) is 3.57. The average Bonchev–Trinajstić information content (AvgIpc) is 2.75. The molecule has 3 rings (SSSR count). The van der Waals surface area contributed by atoms with Crippen LogP contribution in [0.5, 0.6) is 0 Å². The zero-order valence-electron chi connectivity index (χ0n) is 8.29. The van der Waals surface area contributed by atoms with E-state index in [1.165, 1.54) is 0 Å². The van der Waals surface area contributed by atoms with E-state index in [0.717, 1.165) is 16.3 Å². The van der Waals surface area contributed by atoms with E-state index in [9.17, 15) is 0 Å². The summed E-state index contributed by atoms with van der Waals surface area (Å²) in [4.78, 5) is 0.455. The third kappa shape index (κ3) is 1.35. The number of hydrogen-bond donors (Lipinski definition) is 0. The highest BCUT2D eigenvalue weighted by atomic mass is 32.1. The van der Waals surface area contributed by atoms with Gasteiger partial charge >= 0.3 is 0 Å². The number of benzene rings is 2. The zero-order valence-corrected chi connectivity index (χ0v) is 9.11. The van der Waals surface area contributed by atoms with Crippen molar-refractivity contribution >= 4 is 33.7 Å². The van der Waals surface area contributed by atoms with Crippen molar-refractivity contribution < 1.29 is 0 Å². The van der Waals surface area contributed by atoms with Crippen molar-refractivity contribution in [1.29, 1.82) is 0 Å². The number of nitrogens with zero attached hydrogens (tertiary/aromatic N) is 3. The van der Waals surface area contributed by atoms with Crippen LogP contribution >= 0.6 is 12.2 Å². The lowest BCUT2D eigenvalue weighted by Gasteiger charge is -2.04. The third-order valence-corrected chi connectivity index (χ3v) is 2.80. The van der Waals surface area contributed by atoms with Gasteiger partial charge in [-0.05, 0) is 16.0 Å². The van der Waals surface area contributed by atoms with E-state index >= 15 is 0 Å². The first-order valence-corrected chi connectivity index (χ1v) is 5.28. The van der Waals surface area contributed by atoms with Gasteiger partial charge in [0.1, 0.15) is 5.71 Å². The molecule has 0 fully saturated rings. The Balaban J connectivity index is 2.29. The first kappa shape index (κ1) is 9.30. The van der Waals surface area contributed by atoms with Crippen molar-refractivity contribution in [3.05, 3.63) is 48.0 Å². The summed E-state index contributed by atoms with van der Waals surface area (Å²) in [6.07, 6.45) is 0. The minimum atomic E-state index is 0.455. The second-order valence-corrected chi connectivity index (χ2v) is 3.86. The molecule has 0 saturated heterocycles. The highest BCUT2D eigenvalue weighted by Crippen LogP contribution is 2.21. The van der Waals surface area contributed by atoms with Crippen LogP contribution in [0.4, 0.5) is 0 Å². The number of rotatable bonds is 1. The Labute approximate surface area is 97.5 Å². The van der Waals surface area contributed by atoms with Crippen LogP contribution in [0.15, 0.2) is 57.9 Å². The van der Waals surface area contributed by atoms with Crippen LogP contribution in [0, 0.1) is 0 Å². The number of thiocarbonyl (C=S) groups is 1. The van der Waals surface area contributed by atoms with E-state index in [-0.39, 0.29) is 0 Å². The molecular weight excluding hydrogens is 218 g/mol. The molecule has 76 valence electrons. The maximum absolute atomic E-state index is 5.09. The molecule has 0 unspecified atom stereocenters. The van der Waals surface area contributed by atoms with E-state index in [2.05, 4.69) is 27.6 Å². The minimum absolute atomic E-state index is 0.455. The summed E-state index contributed by atoms with van der Waals surface area (Å²) in [5.41, 5.74) is 1.68. The minimum Gasteiger partial charge on any atom is -0.127 e. The molecule has 0 saturated carbocycles. The van der Waals surface area contributed by atoms with Gasteiger partial charge < -0.3 is 0 Å². The third-order valence-electron chi connectivity index (χ3n) is 2.53. The highest BCUT2D eigenvalue weighted by Gasteiger charge is 2.16. The van der Waals surface area contributed by atoms with Gasteiger partial charge in [-0.1, -0.05) is 54.7 Å². The maximum atomic E-state index is 5.09. The van der Waals surface area contributed by atoms with Crippen LogP contribution in [0.3, 0.4) is 0 Å². The summed E-state index contributed by atoms with van der Waals surface area (Å²) in [6.45, 7) is 0. The molecule has 2 aromatic carbocycles. The Morgan fingerprint density at radius 2 is 1.75 bits per heavy atom. The van der Waals surface area contributed by atoms with Gasteiger partial charge in [0.25, 0.3) is 0 Å². The molecule has 1 aliphatic heterocycles. The van der Waals surface area contributed by atoms with E-state index < -0.39 is 0 Å². The molecule has 2 aromatic rings. The maximum Gasteiger partial charge on any atom is 0.178 e. The Kier molecular flexibility index (Phi) is 2.08. The summed E-state index contributed by atoms with van der Waals surface area (Å²) in [6, 6.07) is 14.2. The van der Waals surface area contributed by atoms with E-state index in [0.29, 0.717) is 10.7 Å². The van der Waals surface area contributed by atoms with Crippen LogP contribution in [0.1, 0.15) is 5.56 Å². The molecular formula is C12H7N3S. The Hall–Kier alpha value is -1.94. The van der Waals surface area contributed by atoms with Gasteiger partial charge in [-0.25, -0.2) is 0 Å². The van der Waals surface area contributed by atoms with Crippen molar-refractivity contribution in [2.45, 2.75) is 0 Å². The molecule has 1 heterocycles. The fraction of sp³-hybridized carbons (Fsp3) is 0. The Bertz CT molecular complexity index is 638. The molecule has 0 aromatic heterocycles. The van der Waals surface area contributed by atoms with Gasteiger partial charge in [0.15, 0.2) is 4.99 Å². The Morgan fingerprint density at radius 1 is 0.938 bits per heavy atom. The predicted molar refractivity (Wildman–Crippen MR) is 67.9 cm³/mol. The number of hydrogen-bond acceptors (Lipinski definition) is 3. The SMILES string of the molecule is S=C1N=NN=C1c1cccc2ccccc12. The van der Waals surface area contributed by atoms with Crippen molar-refractivity contribution in [3.8, 4) is 0 Å². The monoisotopic (exact) mass is 225 g/mol. The first-order valence-electron chi connectivity index (χ1n) is 4.87. The van der Waals surface area contributed by atoms with Crippen LogP contribution < -0.4 is 0 Å². The zero-order chi connectivity index (χ0) is 11.0. The Morgan fingerprint density at radius 3 is 2.56 bits per heavy atom. The summed E-state index contributed by atoms with van der Waals surface area (Å²) in [5, 5.41) is 13.6. The fourth-order valence-corrected chi connectivity index (χ4v) is 1.99. The van der Waals surface area contributed by atoms with Gasteiger partial charge in [-0.2, -0.15) is 0 Å². The molecule has 3 nitrogen and oxygen atoms in total. The average molecular weight is 225 g/mol. The van der Waals surface area contributed by atoms with Crippen LogP contribution in [-0.4, -0.2) is 10.7 Å². The van der Waals surface area contributed by atoms with Gasteiger partial charge in [0.05, 0.1) is 0 Å². The molecule has 0 N–H and O–H groups in total. The summed E-state index contributed by atoms with van der Waals surface area (Å²) in [5.74, 6) is 0. The molecule has 4 heteroatoms. The molecule has 0 spiro atoms. The van der Waals surface area contributed by atoms with Gasteiger partial charge in [-0.3, -0.25) is 0 Å². The van der Waals surface area contributed by atoms with Crippen molar-refractivity contribution in [2.24, 2.45) is 15.4 Å². The van der Waals surface area contributed by atoms with Crippen LogP contribution in [0.25, 0.3) is 10.8 Å². The van der Waals surface area contributed by atoms with E-state index in [4.69, 9.17) is 12.2 Å². The predicted octanol–water partition coefficient (Wildman–Crippen LogP) is 3.34. The van der Waals surface area contributed by atoms with Crippen molar-refractivity contribution in [2.75, 3.05) is 0 Å². The summed E-state index contributed by atoms with van der Waals surface area (Å²) >= 11 is 5.09. The first-order chi connectivity index (χ1) is 7.86. The molecule has 0 amide bonds. The smallest absolute Gasteiger partial charge is 0.127 e. The molecule has 0 aliphatic carbocycles. The van der Waals surface area contributed by atoms with Gasteiger partial charge in [0.2, 0.25) is 0 Å². The molecule has 0 radical (unpaired) electrons. The van der Waals surface area contributed by atoms with Gasteiger partial charge in [0, 0.05) is 5.56 Å². The highest BCUT2D eigenvalue weighted by molar-refractivity contribution is 7.82. The summed E-state index contributed by atoms with van der Waals surface area (Å²) in [7, 11) is 0.